The molecule has 2 aliphatic heterocycles. The summed E-state index contributed by atoms with van der Waals surface area (Å²) >= 11 is 0. The molecule has 0 radical (unpaired) electrons. The molecule has 2 aromatic heterocycles. The maximum absolute atomic E-state index is 16.3. The van der Waals surface area contributed by atoms with Crippen LogP contribution in [0.1, 0.15) is 45.2 Å². The molecule has 0 amide bonds. The van der Waals surface area contributed by atoms with Crippen molar-refractivity contribution in [2.45, 2.75) is 59.4 Å². The van der Waals surface area contributed by atoms with Crippen LogP contribution < -0.4 is 25.8 Å². The van der Waals surface area contributed by atoms with E-state index in [4.69, 9.17) is 19.9 Å². The van der Waals surface area contributed by atoms with Crippen LogP contribution in [-0.2, 0) is 10.9 Å². The lowest BCUT2D eigenvalue weighted by Crippen LogP contribution is -2.26. The number of pyridine rings is 1. The fourth-order valence-corrected chi connectivity index (χ4v) is 4.81. The maximum atomic E-state index is 16.3. The zero-order chi connectivity index (χ0) is 30.8. The molecule has 5 rings (SSSR count). The Morgan fingerprint density at radius 1 is 1.02 bits per heavy atom. The van der Waals surface area contributed by atoms with E-state index in [0.717, 1.165) is 13.0 Å². The van der Waals surface area contributed by atoms with Gasteiger partial charge in [-0.1, -0.05) is 20.8 Å². The monoisotopic (exact) mass is 598 g/mol. The summed E-state index contributed by atoms with van der Waals surface area (Å²) < 4.78 is 90.8. The van der Waals surface area contributed by atoms with Gasteiger partial charge in [0.1, 0.15) is 34.3 Å². The number of nitrogen functional groups attached to an aromatic ring is 1. The fourth-order valence-electron chi connectivity index (χ4n) is 4.81. The van der Waals surface area contributed by atoms with Crippen LogP contribution in [0.15, 0.2) is 6.07 Å². The van der Waals surface area contributed by atoms with Gasteiger partial charge in [-0.25, -0.2) is 13.8 Å². The highest BCUT2D eigenvalue weighted by atomic mass is 19.4. The molecule has 230 valence electrons. The summed E-state index contributed by atoms with van der Waals surface area (Å²) in [5, 5.41) is 6.38. The van der Waals surface area contributed by atoms with Crippen LogP contribution in [0.4, 0.5) is 33.5 Å². The number of halogens is 5. The second kappa shape index (κ2) is 12.8. The lowest BCUT2D eigenvalue weighted by Gasteiger charge is -2.21. The van der Waals surface area contributed by atoms with E-state index in [1.165, 1.54) is 0 Å². The molecule has 1 aromatic carbocycles. The number of anilines is 2. The molecule has 0 spiro atoms. The van der Waals surface area contributed by atoms with Crippen LogP contribution in [0.3, 0.4) is 0 Å². The van der Waals surface area contributed by atoms with Crippen LogP contribution in [0.5, 0.6) is 11.9 Å². The molecule has 42 heavy (non-hydrogen) atoms. The highest BCUT2D eigenvalue weighted by Gasteiger charge is 2.39. The Kier molecular flexibility index (Phi) is 9.56. The summed E-state index contributed by atoms with van der Waals surface area (Å²) in [4.78, 5) is 12.9. The lowest BCUT2D eigenvalue weighted by atomic mass is 9.96. The van der Waals surface area contributed by atoms with Crippen molar-refractivity contribution in [1.29, 1.82) is 0 Å². The van der Waals surface area contributed by atoms with Crippen molar-refractivity contribution in [3.05, 3.63) is 28.8 Å². The topological polar surface area (TPSA) is 116 Å². The molecule has 3 aromatic rings. The summed E-state index contributed by atoms with van der Waals surface area (Å²) in [6.45, 7) is 10.8. The third-order valence-electron chi connectivity index (χ3n) is 6.99. The molecule has 3 atom stereocenters. The summed E-state index contributed by atoms with van der Waals surface area (Å²) in [7, 11) is 0. The number of nitrogens with two attached hydrogens (primary N) is 1. The highest BCUT2D eigenvalue weighted by molar-refractivity contribution is 5.96. The molecule has 1 fully saturated rings. The van der Waals surface area contributed by atoms with E-state index in [9.17, 15) is 17.6 Å². The largest absolute Gasteiger partial charge is 0.474 e. The Hall–Kier alpha value is -3.52. The van der Waals surface area contributed by atoms with Gasteiger partial charge in [0.2, 0.25) is 5.88 Å². The molecule has 3 unspecified atom stereocenters. The molecular formula is C28H35F5N6O3. The van der Waals surface area contributed by atoms with Gasteiger partial charge >= 0.3 is 12.2 Å². The van der Waals surface area contributed by atoms with Crippen molar-refractivity contribution >= 4 is 22.4 Å². The molecule has 9 nitrogen and oxygen atoms in total. The first-order chi connectivity index (χ1) is 20.0. The van der Waals surface area contributed by atoms with E-state index >= 15 is 4.39 Å². The number of ether oxygens (including phenoxy) is 3. The predicted molar refractivity (Wildman–Crippen MR) is 149 cm³/mol. The van der Waals surface area contributed by atoms with Crippen LogP contribution in [0.2, 0.25) is 0 Å². The van der Waals surface area contributed by atoms with E-state index in [0.29, 0.717) is 32.7 Å². The maximum Gasteiger partial charge on any atom is 0.417 e. The van der Waals surface area contributed by atoms with Gasteiger partial charge in [-0.2, -0.15) is 23.1 Å². The number of hydrogen-bond acceptors (Lipinski definition) is 9. The van der Waals surface area contributed by atoms with E-state index in [1.54, 1.807) is 6.92 Å². The summed E-state index contributed by atoms with van der Waals surface area (Å²) in [5.41, 5.74) is 1.09. The van der Waals surface area contributed by atoms with E-state index in [-0.39, 0.29) is 41.1 Å². The van der Waals surface area contributed by atoms with Crippen LogP contribution in [-0.4, -0.2) is 60.0 Å². The minimum atomic E-state index is -5.04. The normalized spacial score (nSPS) is 21.0. The minimum absolute atomic E-state index is 0.00566. The van der Waals surface area contributed by atoms with Gasteiger partial charge in [-0.05, 0) is 38.4 Å². The first-order valence-corrected chi connectivity index (χ1v) is 13.9. The minimum Gasteiger partial charge on any atom is -0.474 e. The third-order valence-corrected chi connectivity index (χ3v) is 6.99. The van der Waals surface area contributed by atoms with Gasteiger partial charge in [-0.3, -0.25) is 0 Å². The van der Waals surface area contributed by atoms with Crippen molar-refractivity contribution in [3.8, 4) is 23.1 Å². The van der Waals surface area contributed by atoms with E-state index in [1.807, 2.05) is 20.8 Å². The van der Waals surface area contributed by atoms with E-state index < -0.39 is 58.1 Å². The average Bonchev–Trinajstić information content (AvgIpc) is 3.33. The molecule has 1 saturated heterocycles. The zero-order valence-corrected chi connectivity index (χ0v) is 24.1. The lowest BCUT2D eigenvalue weighted by molar-refractivity contribution is -0.137. The smallest absolute Gasteiger partial charge is 0.417 e. The Bertz CT molecular complexity index is 1440. The van der Waals surface area contributed by atoms with Gasteiger partial charge < -0.3 is 30.6 Å². The quantitative estimate of drug-likeness (QED) is 0.266. The van der Waals surface area contributed by atoms with Gasteiger partial charge in [-0.15, -0.1) is 0 Å². The summed E-state index contributed by atoms with van der Waals surface area (Å²) in [6, 6.07) is 0.532. The second-order valence-electron chi connectivity index (χ2n) is 10.0. The summed E-state index contributed by atoms with van der Waals surface area (Å²) in [5.74, 6) is -2.47. The zero-order valence-electron chi connectivity index (χ0n) is 24.1. The van der Waals surface area contributed by atoms with Crippen LogP contribution >= 0.6 is 0 Å². The highest BCUT2D eigenvalue weighted by Crippen LogP contribution is 2.44. The number of nitrogens with zero attached hydrogens (tertiary/aromatic N) is 3. The number of aromatic nitrogens is 3. The number of rotatable bonds is 3. The Morgan fingerprint density at radius 2 is 1.76 bits per heavy atom. The van der Waals surface area contributed by atoms with Crippen LogP contribution in [0.25, 0.3) is 22.2 Å². The van der Waals surface area contributed by atoms with Gasteiger partial charge in [0.15, 0.2) is 5.82 Å². The number of nitrogens with one attached hydrogen (secondary N) is 2. The first kappa shape index (κ1) is 31.4. The number of benzene rings is 1. The van der Waals surface area contributed by atoms with Crippen molar-refractivity contribution in [2.75, 3.05) is 43.9 Å². The third kappa shape index (κ3) is 6.28. The molecule has 0 saturated carbocycles. The molecule has 0 aliphatic carbocycles. The van der Waals surface area contributed by atoms with Crippen molar-refractivity contribution in [1.82, 2.24) is 20.3 Å². The molecule has 14 heteroatoms. The molecular weight excluding hydrogens is 563 g/mol. The summed E-state index contributed by atoms with van der Waals surface area (Å²) in [6.07, 6.45) is -5.38. The Balaban J connectivity index is 0.00000198. The van der Waals surface area contributed by atoms with E-state index in [2.05, 4.69) is 25.6 Å². The first-order valence-electron chi connectivity index (χ1n) is 13.9. The van der Waals surface area contributed by atoms with Crippen LogP contribution in [0, 0.1) is 24.5 Å². The van der Waals surface area contributed by atoms with Crippen molar-refractivity contribution in [2.24, 2.45) is 5.92 Å². The molecule has 0 bridgehead atoms. The Morgan fingerprint density at radius 3 is 2.43 bits per heavy atom. The molecule has 4 heterocycles. The SMILES string of the molecule is CC.Cc1c(F)c(N)cc(-c2nc3c4c(nc(OC5COCC5C)nc4c2F)NCCNCCC(C)O3)c1C(F)(F)F. The van der Waals surface area contributed by atoms with Gasteiger partial charge in [0.25, 0.3) is 0 Å². The second-order valence-corrected chi connectivity index (χ2v) is 10.0. The molecule has 2 aliphatic rings. The molecule has 4 N–H and O–H groups in total. The number of alkyl halides is 3. The van der Waals surface area contributed by atoms with Gasteiger partial charge in [0, 0.05) is 24.6 Å². The van der Waals surface area contributed by atoms with Crippen molar-refractivity contribution < 1.29 is 36.2 Å². The standard InChI is InChI=1S/C26H29F5N6O3.C2H6/c1-11-9-38-10-16(11)40-25-36-22-17-23(37-25)34-7-6-33-5-4-12(2)39-24(17)35-21(20(22)28)14-8-15(32)19(27)13(3)18(14)26(29,30)31;1-2/h8,11-12,16,33H,4-7,9-10,32H2,1-3H3,(H,34,36,37);1-2H3. The Labute approximate surface area is 240 Å². The van der Waals surface area contributed by atoms with Crippen molar-refractivity contribution in [3.63, 3.8) is 0 Å². The number of hydrogen-bond donors (Lipinski definition) is 3. The fraction of sp³-hybridized carbons (Fsp3) is 0.536. The average molecular weight is 599 g/mol. The predicted octanol–water partition coefficient (Wildman–Crippen LogP) is 5.49. The van der Waals surface area contributed by atoms with Gasteiger partial charge in [0.05, 0.1) is 30.6 Å².